The van der Waals surface area contributed by atoms with Crippen molar-refractivity contribution in [3.8, 4) is 22.8 Å². The summed E-state index contributed by atoms with van der Waals surface area (Å²) in [5.41, 5.74) is 1.09. The SMILES string of the molecule is C[C@@H](NC(=O)OCc1ccccc1)C(=O)Oc1cc(O)c2c(=O)cc(-c3ccccc3)oc2c1. The molecule has 172 valence electrons. The second-order valence-corrected chi connectivity index (χ2v) is 7.51. The van der Waals surface area contributed by atoms with E-state index in [0.717, 1.165) is 11.6 Å². The fourth-order valence-electron chi connectivity index (χ4n) is 3.25. The van der Waals surface area contributed by atoms with Crippen LogP contribution in [0.4, 0.5) is 4.79 Å². The van der Waals surface area contributed by atoms with E-state index < -0.39 is 29.3 Å². The molecule has 34 heavy (non-hydrogen) atoms. The zero-order chi connectivity index (χ0) is 24.1. The number of aromatic hydroxyl groups is 1. The molecule has 0 fully saturated rings. The molecule has 0 saturated heterocycles. The van der Waals surface area contributed by atoms with E-state index in [4.69, 9.17) is 13.9 Å². The van der Waals surface area contributed by atoms with E-state index in [1.807, 2.05) is 24.3 Å². The predicted molar refractivity (Wildman–Crippen MR) is 124 cm³/mol. The van der Waals surface area contributed by atoms with Crippen LogP contribution in [0.15, 0.2) is 88.1 Å². The number of nitrogens with one attached hydrogen (secondary N) is 1. The average molecular weight is 459 g/mol. The molecular formula is C26H21NO7. The van der Waals surface area contributed by atoms with Crippen molar-refractivity contribution in [2.45, 2.75) is 19.6 Å². The van der Waals surface area contributed by atoms with Gasteiger partial charge in [-0.05, 0) is 12.5 Å². The summed E-state index contributed by atoms with van der Waals surface area (Å²) in [7, 11) is 0. The number of rotatable bonds is 6. The number of amides is 1. The largest absolute Gasteiger partial charge is 0.507 e. The van der Waals surface area contributed by atoms with Crippen LogP contribution in [0.25, 0.3) is 22.3 Å². The molecule has 8 nitrogen and oxygen atoms in total. The molecule has 0 unspecified atom stereocenters. The molecule has 0 radical (unpaired) electrons. The smallest absolute Gasteiger partial charge is 0.408 e. The molecule has 0 saturated carbocycles. The van der Waals surface area contributed by atoms with Crippen molar-refractivity contribution in [2.75, 3.05) is 0 Å². The monoisotopic (exact) mass is 459 g/mol. The van der Waals surface area contributed by atoms with Gasteiger partial charge in [0.1, 0.15) is 40.9 Å². The van der Waals surface area contributed by atoms with Gasteiger partial charge in [0.25, 0.3) is 0 Å². The Labute approximate surface area is 194 Å². The van der Waals surface area contributed by atoms with Crippen LogP contribution in [-0.4, -0.2) is 23.2 Å². The number of carbonyl (C=O) groups is 2. The Morgan fingerprint density at radius 2 is 1.68 bits per heavy atom. The maximum Gasteiger partial charge on any atom is 0.408 e. The van der Waals surface area contributed by atoms with Crippen molar-refractivity contribution >= 4 is 23.0 Å². The van der Waals surface area contributed by atoms with Gasteiger partial charge in [-0.1, -0.05) is 60.7 Å². The predicted octanol–water partition coefficient (Wildman–Crippen LogP) is 4.39. The van der Waals surface area contributed by atoms with E-state index in [9.17, 15) is 19.5 Å². The highest BCUT2D eigenvalue weighted by molar-refractivity contribution is 5.88. The molecule has 0 aliphatic heterocycles. The van der Waals surface area contributed by atoms with Crippen LogP contribution in [-0.2, 0) is 16.1 Å². The molecule has 2 N–H and O–H groups in total. The fourth-order valence-corrected chi connectivity index (χ4v) is 3.25. The number of phenolic OH excluding ortho intramolecular Hbond substituents is 1. The lowest BCUT2D eigenvalue weighted by Gasteiger charge is -2.14. The van der Waals surface area contributed by atoms with Gasteiger partial charge >= 0.3 is 12.1 Å². The minimum Gasteiger partial charge on any atom is -0.507 e. The first-order chi connectivity index (χ1) is 16.4. The van der Waals surface area contributed by atoms with E-state index in [2.05, 4.69) is 5.32 Å². The highest BCUT2D eigenvalue weighted by Crippen LogP contribution is 2.31. The Morgan fingerprint density at radius 1 is 1.00 bits per heavy atom. The zero-order valence-corrected chi connectivity index (χ0v) is 18.2. The first-order valence-electron chi connectivity index (χ1n) is 10.5. The summed E-state index contributed by atoms with van der Waals surface area (Å²) >= 11 is 0. The third-order valence-corrected chi connectivity index (χ3v) is 4.96. The first kappa shape index (κ1) is 22.6. The number of phenols is 1. The summed E-state index contributed by atoms with van der Waals surface area (Å²) in [6, 6.07) is 20.8. The van der Waals surface area contributed by atoms with Crippen LogP contribution in [0.5, 0.6) is 11.5 Å². The Hall–Kier alpha value is -4.59. The van der Waals surface area contributed by atoms with Crippen molar-refractivity contribution in [3.05, 3.63) is 94.6 Å². The number of benzene rings is 3. The normalized spacial score (nSPS) is 11.6. The Morgan fingerprint density at radius 3 is 2.38 bits per heavy atom. The van der Waals surface area contributed by atoms with E-state index in [0.29, 0.717) is 11.3 Å². The molecular weight excluding hydrogens is 438 g/mol. The Kier molecular flexibility index (Phi) is 6.59. The summed E-state index contributed by atoms with van der Waals surface area (Å²) in [6.07, 6.45) is -0.784. The van der Waals surface area contributed by atoms with Gasteiger partial charge < -0.3 is 24.3 Å². The van der Waals surface area contributed by atoms with Crippen LogP contribution in [0.2, 0.25) is 0 Å². The molecule has 4 aromatic rings. The van der Waals surface area contributed by atoms with Crippen molar-refractivity contribution in [2.24, 2.45) is 0 Å². The number of esters is 1. The molecule has 1 heterocycles. The van der Waals surface area contributed by atoms with Gasteiger partial charge in [0, 0.05) is 23.8 Å². The van der Waals surface area contributed by atoms with Gasteiger partial charge in [-0.15, -0.1) is 0 Å². The van der Waals surface area contributed by atoms with Gasteiger partial charge in [-0.2, -0.15) is 0 Å². The molecule has 3 aromatic carbocycles. The molecule has 8 heteroatoms. The topological polar surface area (TPSA) is 115 Å². The lowest BCUT2D eigenvalue weighted by Crippen LogP contribution is -2.41. The van der Waals surface area contributed by atoms with Crippen LogP contribution in [0, 0.1) is 0 Å². The van der Waals surface area contributed by atoms with Gasteiger partial charge in [0.05, 0.1) is 0 Å². The van der Waals surface area contributed by atoms with E-state index in [1.165, 1.54) is 19.1 Å². The van der Waals surface area contributed by atoms with Crippen molar-refractivity contribution in [1.29, 1.82) is 0 Å². The number of fused-ring (bicyclic) bond motifs is 1. The average Bonchev–Trinajstić information content (AvgIpc) is 2.83. The van der Waals surface area contributed by atoms with Gasteiger partial charge in [0.15, 0.2) is 5.43 Å². The molecule has 0 bridgehead atoms. The van der Waals surface area contributed by atoms with E-state index in [-0.39, 0.29) is 23.3 Å². The van der Waals surface area contributed by atoms with Crippen LogP contribution in [0.1, 0.15) is 12.5 Å². The van der Waals surface area contributed by atoms with Gasteiger partial charge in [-0.3, -0.25) is 4.79 Å². The van der Waals surface area contributed by atoms with Crippen LogP contribution in [0.3, 0.4) is 0 Å². The van der Waals surface area contributed by atoms with Crippen molar-refractivity contribution in [1.82, 2.24) is 5.32 Å². The second kappa shape index (κ2) is 9.91. The summed E-state index contributed by atoms with van der Waals surface area (Å²) in [4.78, 5) is 37.0. The Balaban J connectivity index is 1.47. The minimum absolute atomic E-state index is 0.0323. The van der Waals surface area contributed by atoms with E-state index >= 15 is 0 Å². The highest BCUT2D eigenvalue weighted by Gasteiger charge is 2.20. The van der Waals surface area contributed by atoms with Crippen LogP contribution >= 0.6 is 0 Å². The number of hydrogen-bond donors (Lipinski definition) is 2. The van der Waals surface area contributed by atoms with Crippen LogP contribution < -0.4 is 15.5 Å². The van der Waals surface area contributed by atoms with Gasteiger partial charge in [0.2, 0.25) is 0 Å². The summed E-state index contributed by atoms with van der Waals surface area (Å²) < 4.78 is 16.2. The van der Waals surface area contributed by atoms with E-state index in [1.54, 1.807) is 36.4 Å². The molecule has 0 aliphatic rings. The number of hydrogen-bond acceptors (Lipinski definition) is 7. The third kappa shape index (κ3) is 5.24. The number of ether oxygens (including phenoxy) is 2. The standard InChI is InChI=1S/C26H21NO7/c1-16(27-26(31)32-15-17-8-4-2-5-9-17)25(30)33-19-12-20(28)24-21(29)14-22(34-23(24)13-19)18-10-6-3-7-11-18/h2-14,16,28H,15H2,1H3,(H,27,31)/t16-/m1/s1. The molecule has 0 spiro atoms. The lowest BCUT2D eigenvalue weighted by atomic mass is 10.1. The summed E-state index contributed by atoms with van der Waals surface area (Å²) in [5.74, 6) is -0.930. The summed E-state index contributed by atoms with van der Waals surface area (Å²) in [5, 5.41) is 12.7. The number of carbonyl (C=O) groups excluding carboxylic acids is 2. The maximum absolute atomic E-state index is 12.5. The summed E-state index contributed by atoms with van der Waals surface area (Å²) in [6.45, 7) is 1.48. The second-order valence-electron chi connectivity index (χ2n) is 7.51. The minimum atomic E-state index is -1.04. The van der Waals surface area contributed by atoms with Gasteiger partial charge in [-0.25, -0.2) is 9.59 Å². The first-order valence-corrected chi connectivity index (χ1v) is 10.5. The van der Waals surface area contributed by atoms with Crippen molar-refractivity contribution < 1.29 is 28.6 Å². The molecule has 4 rings (SSSR count). The molecule has 1 aromatic heterocycles. The highest BCUT2D eigenvalue weighted by atomic mass is 16.6. The zero-order valence-electron chi connectivity index (χ0n) is 18.2. The maximum atomic E-state index is 12.5. The Bertz CT molecular complexity index is 1380. The molecule has 0 aliphatic carbocycles. The number of alkyl carbamates (subject to hydrolysis) is 1. The lowest BCUT2D eigenvalue weighted by molar-refractivity contribution is -0.136. The fraction of sp³-hybridized carbons (Fsp3) is 0.115. The third-order valence-electron chi connectivity index (χ3n) is 4.96. The molecule has 1 atom stereocenters. The molecule has 1 amide bonds. The quantitative estimate of drug-likeness (QED) is 0.325. The van der Waals surface area contributed by atoms with Crippen molar-refractivity contribution in [3.63, 3.8) is 0 Å².